The molecule has 0 saturated carbocycles. The van der Waals surface area contributed by atoms with E-state index in [1.165, 1.54) is 0 Å². The zero-order valence-corrected chi connectivity index (χ0v) is 14.0. The standard InChI is InChI=1S/C21H21NO2/c1-3-24-20(23)21(16-22,19-12-8-5-9-13-19)15-14-17(2)18-10-6-4-7-11-18/h4-14H,3,15H2,1-2H3/b17-14+. The second-order valence-corrected chi connectivity index (χ2v) is 5.56. The van der Waals surface area contributed by atoms with E-state index in [1.54, 1.807) is 19.1 Å². The van der Waals surface area contributed by atoms with Crippen LogP contribution in [0.5, 0.6) is 0 Å². The van der Waals surface area contributed by atoms with Crippen molar-refractivity contribution in [1.82, 2.24) is 0 Å². The Balaban J connectivity index is 2.40. The smallest absolute Gasteiger partial charge is 0.331 e. The highest BCUT2D eigenvalue weighted by Gasteiger charge is 2.41. The molecule has 24 heavy (non-hydrogen) atoms. The molecule has 0 aliphatic heterocycles. The van der Waals surface area contributed by atoms with Gasteiger partial charge in [0, 0.05) is 0 Å². The summed E-state index contributed by atoms with van der Waals surface area (Å²) < 4.78 is 5.20. The lowest BCUT2D eigenvalue weighted by molar-refractivity contribution is -0.147. The van der Waals surface area contributed by atoms with Crippen LogP contribution >= 0.6 is 0 Å². The van der Waals surface area contributed by atoms with Gasteiger partial charge in [-0.3, -0.25) is 0 Å². The van der Waals surface area contributed by atoms with Gasteiger partial charge in [0.25, 0.3) is 0 Å². The highest BCUT2D eigenvalue weighted by Crippen LogP contribution is 2.31. The van der Waals surface area contributed by atoms with Crippen LogP contribution in [0.15, 0.2) is 66.7 Å². The molecule has 0 aromatic heterocycles. The molecule has 0 N–H and O–H groups in total. The summed E-state index contributed by atoms with van der Waals surface area (Å²) >= 11 is 0. The van der Waals surface area contributed by atoms with Crippen LogP contribution in [0.2, 0.25) is 0 Å². The van der Waals surface area contributed by atoms with Crippen LogP contribution in [0.3, 0.4) is 0 Å². The lowest BCUT2D eigenvalue weighted by Gasteiger charge is -2.24. The molecule has 2 rings (SSSR count). The molecule has 0 saturated heterocycles. The molecule has 2 aromatic carbocycles. The molecule has 0 radical (unpaired) electrons. The van der Waals surface area contributed by atoms with E-state index in [9.17, 15) is 10.1 Å². The predicted molar refractivity (Wildman–Crippen MR) is 95.1 cm³/mol. The predicted octanol–water partition coefficient (Wildman–Crippen LogP) is 4.50. The Morgan fingerprint density at radius 2 is 1.71 bits per heavy atom. The van der Waals surface area contributed by atoms with E-state index >= 15 is 0 Å². The van der Waals surface area contributed by atoms with Crippen molar-refractivity contribution in [3.63, 3.8) is 0 Å². The SMILES string of the molecule is CCOC(=O)C(C#N)(C/C=C(\C)c1ccccc1)c1ccccc1. The van der Waals surface area contributed by atoms with E-state index in [0.29, 0.717) is 5.56 Å². The second kappa shape index (κ2) is 8.12. The van der Waals surface area contributed by atoms with Crippen molar-refractivity contribution in [2.24, 2.45) is 0 Å². The molecular weight excluding hydrogens is 298 g/mol. The first-order valence-corrected chi connectivity index (χ1v) is 8.00. The van der Waals surface area contributed by atoms with Gasteiger partial charge in [-0.05, 0) is 37.0 Å². The number of benzene rings is 2. The van der Waals surface area contributed by atoms with E-state index < -0.39 is 11.4 Å². The van der Waals surface area contributed by atoms with Gasteiger partial charge >= 0.3 is 5.97 Å². The summed E-state index contributed by atoms with van der Waals surface area (Å²) in [6.45, 7) is 3.97. The second-order valence-electron chi connectivity index (χ2n) is 5.56. The lowest BCUT2D eigenvalue weighted by Crippen LogP contribution is -2.35. The summed E-state index contributed by atoms with van der Waals surface area (Å²) in [6.07, 6.45) is 2.20. The normalized spacial score (nSPS) is 13.6. The largest absolute Gasteiger partial charge is 0.465 e. The highest BCUT2D eigenvalue weighted by atomic mass is 16.5. The number of carbonyl (C=O) groups is 1. The van der Waals surface area contributed by atoms with E-state index in [4.69, 9.17) is 4.74 Å². The first-order chi connectivity index (χ1) is 11.6. The number of ether oxygens (including phenoxy) is 1. The van der Waals surface area contributed by atoms with Crippen molar-refractivity contribution in [1.29, 1.82) is 5.26 Å². The summed E-state index contributed by atoms with van der Waals surface area (Å²) in [5.41, 5.74) is 1.42. The minimum atomic E-state index is -1.33. The van der Waals surface area contributed by atoms with Gasteiger partial charge in [0.05, 0.1) is 12.7 Å². The van der Waals surface area contributed by atoms with Crippen LogP contribution in [0, 0.1) is 11.3 Å². The van der Waals surface area contributed by atoms with Crippen LogP contribution in [-0.2, 0) is 14.9 Å². The monoisotopic (exact) mass is 319 g/mol. The Morgan fingerprint density at radius 3 is 2.25 bits per heavy atom. The molecule has 1 atom stereocenters. The summed E-state index contributed by atoms with van der Waals surface area (Å²) in [4.78, 5) is 12.6. The number of nitrogens with zero attached hydrogens (tertiary/aromatic N) is 1. The third-order valence-corrected chi connectivity index (χ3v) is 4.02. The number of allylic oxidation sites excluding steroid dienone is 2. The van der Waals surface area contributed by atoms with E-state index in [2.05, 4.69) is 6.07 Å². The molecule has 0 fully saturated rings. The fourth-order valence-corrected chi connectivity index (χ4v) is 2.58. The zero-order chi connectivity index (χ0) is 17.4. The quantitative estimate of drug-likeness (QED) is 0.736. The molecule has 3 nitrogen and oxygen atoms in total. The Hall–Kier alpha value is -2.86. The van der Waals surface area contributed by atoms with E-state index in [0.717, 1.165) is 11.1 Å². The van der Waals surface area contributed by atoms with E-state index in [1.807, 2.05) is 61.5 Å². The van der Waals surface area contributed by atoms with Gasteiger partial charge in [0.15, 0.2) is 5.41 Å². The highest BCUT2D eigenvalue weighted by molar-refractivity contribution is 5.87. The third-order valence-electron chi connectivity index (χ3n) is 4.02. The minimum Gasteiger partial charge on any atom is -0.465 e. The summed E-state index contributed by atoms with van der Waals surface area (Å²) in [6, 6.07) is 21.2. The Bertz CT molecular complexity index is 744. The zero-order valence-electron chi connectivity index (χ0n) is 14.0. The van der Waals surface area contributed by atoms with Crippen molar-refractivity contribution in [3.8, 4) is 6.07 Å². The number of rotatable bonds is 6. The Morgan fingerprint density at radius 1 is 1.12 bits per heavy atom. The maximum absolute atomic E-state index is 12.6. The Kier molecular flexibility index (Phi) is 5.92. The minimum absolute atomic E-state index is 0.247. The summed E-state index contributed by atoms with van der Waals surface area (Å²) in [5, 5.41) is 9.83. The van der Waals surface area contributed by atoms with Gasteiger partial charge in [0.2, 0.25) is 0 Å². The molecule has 2 aromatic rings. The van der Waals surface area contributed by atoms with Gasteiger partial charge in [-0.2, -0.15) is 5.26 Å². The number of nitriles is 1. The summed E-state index contributed by atoms with van der Waals surface area (Å²) in [7, 11) is 0. The first kappa shape index (κ1) is 17.5. The molecule has 122 valence electrons. The van der Waals surface area contributed by atoms with Crippen molar-refractivity contribution >= 4 is 11.5 Å². The van der Waals surface area contributed by atoms with Gasteiger partial charge in [0.1, 0.15) is 0 Å². The molecule has 1 unspecified atom stereocenters. The van der Waals surface area contributed by atoms with Crippen molar-refractivity contribution < 1.29 is 9.53 Å². The number of hydrogen-bond acceptors (Lipinski definition) is 3. The molecule has 0 heterocycles. The Labute approximate surface area is 143 Å². The van der Waals surface area contributed by atoms with Crippen LogP contribution in [-0.4, -0.2) is 12.6 Å². The molecule has 0 aliphatic carbocycles. The molecule has 0 bridgehead atoms. The van der Waals surface area contributed by atoms with Crippen LogP contribution < -0.4 is 0 Å². The van der Waals surface area contributed by atoms with Gasteiger partial charge in [-0.15, -0.1) is 0 Å². The third kappa shape index (κ3) is 3.72. The molecule has 0 aliphatic rings. The van der Waals surface area contributed by atoms with Gasteiger partial charge in [-0.1, -0.05) is 66.7 Å². The number of esters is 1. The molecule has 0 spiro atoms. The maximum atomic E-state index is 12.6. The van der Waals surface area contributed by atoms with Crippen LogP contribution in [0.25, 0.3) is 5.57 Å². The molecule has 3 heteroatoms. The van der Waals surface area contributed by atoms with Crippen LogP contribution in [0.4, 0.5) is 0 Å². The average Bonchev–Trinajstić information content (AvgIpc) is 2.64. The van der Waals surface area contributed by atoms with Crippen molar-refractivity contribution in [3.05, 3.63) is 77.9 Å². The molecular formula is C21H21NO2. The number of carbonyl (C=O) groups excluding carboxylic acids is 1. The first-order valence-electron chi connectivity index (χ1n) is 8.00. The topological polar surface area (TPSA) is 50.1 Å². The lowest BCUT2D eigenvalue weighted by atomic mass is 9.78. The van der Waals surface area contributed by atoms with Gasteiger partial charge < -0.3 is 4.74 Å². The van der Waals surface area contributed by atoms with Crippen molar-refractivity contribution in [2.45, 2.75) is 25.7 Å². The van der Waals surface area contributed by atoms with Crippen LogP contribution in [0.1, 0.15) is 31.4 Å². The fourth-order valence-electron chi connectivity index (χ4n) is 2.58. The molecule has 0 amide bonds. The van der Waals surface area contributed by atoms with E-state index in [-0.39, 0.29) is 13.0 Å². The van der Waals surface area contributed by atoms with Crippen molar-refractivity contribution in [2.75, 3.05) is 6.61 Å². The maximum Gasteiger partial charge on any atom is 0.331 e. The van der Waals surface area contributed by atoms with Gasteiger partial charge in [-0.25, -0.2) is 4.79 Å². The summed E-state index contributed by atoms with van der Waals surface area (Å²) in [5.74, 6) is -0.504. The average molecular weight is 319 g/mol. The number of hydrogen-bond donors (Lipinski definition) is 0. The fraction of sp³-hybridized carbons (Fsp3) is 0.238.